The monoisotopic (exact) mass is 484 g/mol. The summed E-state index contributed by atoms with van der Waals surface area (Å²) in [6.45, 7) is 4.00. The molecule has 0 aliphatic rings. The molecule has 0 aliphatic carbocycles. The normalized spacial score (nSPS) is 11.9. The number of thioether (sulfide) groups is 2. The number of nitrogens with one attached hydrogen (secondary N) is 2. The highest BCUT2D eigenvalue weighted by Crippen LogP contribution is 2.29. The summed E-state index contributed by atoms with van der Waals surface area (Å²) in [7, 11) is 0. The van der Waals surface area contributed by atoms with E-state index in [1.54, 1.807) is 17.8 Å². The van der Waals surface area contributed by atoms with Gasteiger partial charge in [0.05, 0.1) is 5.25 Å². The van der Waals surface area contributed by atoms with Gasteiger partial charge >= 0.3 is 0 Å². The number of benzene rings is 2. The summed E-state index contributed by atoms with van der Waals surface area (Å²) in [5.41, 5.74) is 1.64. The molecule has 32 heavy (non-hydrogen) atoms. The van der Waals surface area contributed by atoms with Crippen LogP contribution in [0.1, 0.15) is 25.8 Å². The maximum Gasteiger partial charge on any atom is 0.248 e. The molecule has 166 valence electrons. The van der Waals surface area contributed by atoms with E-state index in [0.29, 0.717) is 22.4 Å². The summed E-state index contributed by atoms with van der Waals surface area (Å²) in [5.74, 6) is 0.562. The lowest BCUT2D eigenvalue weighted by Gasteiger charge is -2.14. The first kappa shape index (κ1) is 24.0. The van der Waals surface area contributed by atoms with E-state index < -0.39 is 0 Å². The smallest absolute Gasteiger partial charge is 0.248 e. The van der Waals surface area contributed by atoms with E-state index in [4.69, 9.17) is 0 Å². The fourth-order valence-electron chi connectivity index (χ4n) is 2.69. The van der Waals surface area contributed by atoms with Crippen LogP contribution in [-0.2, 0) is 9.59 Å². The molecule has 2 aromatic carbocycles. The van der Waals surface area contributed by atoms with Gasteiger partial charge < -0.3 is 5.32 Å². The minimum absolute atomic E-state index is 0.109. The van der Waals surface area contributed by atoms with E-state index in [2.05, 4.69) is 20.0 Å². The van der Waals surface area contributed by atoms with E-state index >= 15 is 0 Å². The van der Waals surface area contributed by atoms with Crippen LogP contribution in [0.25, 0.3) is 6.08 Å². The lowest BCUT2D eigenvalue weighted by molar-refractivity contribution is -0.115. The summed E-state index contributed by atoms with van der Waals surface area (Å²) >= 11 is 4.18. The Bertz CT molecular complexity index is 1070. The molecule has 6 nitrogen and oxygen atoms in total. The van der Waals surface area contributed by atoms with Crippen molar-refractivity contribution in [3.05, 3.63) is 66.2 Å². The Kier molecular flexibility index (Phi) is 9.33. The second-order valence-corrected chi connectivity index (χ2v) is 9.84. The number of hydrogen-bond acceptors (Lipinski definition) is 7. The van der Waals surface area contributed by atoms with Crippen molar-refractivity contribution in [1.82, 2.24) is 9.36 Å². The predicted molar refractivity (Wildman–Crippen MR) is 135 cm³/mol. The number of carbonyl (C=O) groups is 2. The fourth-order valence-corrected chi connectivity index (χ4v) is 4.97. The van der Waals surface area contributed by atoms with Crippen molar-refractivity contribution < 1.29 is 9.59 Å². The van der Waals surface area contributed by atoms with E-state index in [1.165, 1.54) is 29.4 Å². The van der Waals surface area contributed by atoms with Gasteiger partial charge in [-0.3, -0.25) is 14.9 Å². The van der Waals surface area contributed by atoms with Crippen LogP contribution in [0, 0.1) is 0 Å². The summed E-state index contributed by atoms with van der Waals surface area (Å²) in [6, 6.07) is 17.1. The van der Waals surface area contributed by atoms with E-state index in [9.17, 15) is 9.59 Å². The van der Waals surface area contributed by atoms with E-state index in [0.717, 1.165) is 16.2 Å². The van der Waals surface area contributed by atoms with Gasteiger partial charge in [0, 0.05) is 28.2 Å². The van der Waals surface area contributed by atoms with Gasteiger partial charge in [0.2, 0.25) is 22.1 Å². The zero-order chi connectivity index (χ0) is 22.8. The fraction of sp³-hybridized carbons (Fsp3) is 0.217. The molecule has 9 heteroatoms. The largest absolute Gasteiger partial charge is 0.322 e. The number of rotatable bonds is 10. The second-order valence-electron chi connectivity index (χ2n) is 6.58. The van der Waals surface area contributed by atoms with Crippen LogP contribution in [0.4, 0.5) is 10.8 Å². The molecule has 1 atom stereocenters. The first-order valence-electron chi connectivity index (χ1n) is 10.2. The standard InChI is InChI=1S/C23H24N4O2S3/c1-3-19(21(29)25-22-26-23(27-32-22)30-4-2)31-18-12-8-11-17(15-18)24-20(28)14-13-16-9-6-5-7-10-16/h5-15,19H,3-4H2,1-2H3,(H,24,28)(H,25,26,27,29)/b14-13+. The molecule has 0 spiro atoms. The second kappa shape index (κ2) is 12.4. The van der Waals surface area contributed by atoms with Crippen LogP contribution in [0.15, 0.2) is 70.7 Å². The third-order valence-electron chi connectivity index (χ3n) is 4.18. The molecule has 2 N–H and O–H groups in total. The summed E-state index contributed by atoms with van der Waals surface area (Å²) in [4.78, 5) is 30.2. The predicted octanol–water partition coefficient (Wildman–Crippen LogP) is 5.81. The van der Waals surface area contributed by atoms with Crippen molar-refractivity contribution in [3.8, 4) is 0 Å². The highest BCUT2D eigenvalue weighted by atomic mass is 32.2. The number of hydrogen-bond donors (Lipinski definition) is 2. The number of anilines is 2. The highest BCUT2D eigenvalue weighted by molar-refractivity contribution is 8.00. The maximum atomic E-state index is 12.7. The molecule has 1 unspecified atom stereocenters. The Balaban J connectivity index is 1.58. The average Bonchev–Trinajstić information content (AvgIpc) is 3.24. The quantitative estimate of drug-likeness (QED) is 0.279. The first-order valence-corrected chi connectivity index (χ1v) is 12.8. The molecule has 3 aromatic rings. The van der Waals surface area contributed by atoms with Crippen LogP contribution in [0.3, 0.4) is 0 Å². The van der Waals surface area contributed by atoms with Crippen LogP contribution in [-0.4, -0.2) is 32.2 Å². The van der Waals surface area contributed by atoms with Gasteiger partial charge in [-0.15, -0.1) is 11.8 Å². The zero-order valence-electron chi connectivity index (χ0n) is 17.8. The third kappa shape index (κ3) is 7.51. The van der Waals surface area contributed by atoms with Crippen LogP contribution >= 0.6 is 35.1 Å². The number of amides is 2. The Morgan fingerprint density at radius 2 is 1.91 bits per heavy atom. The van der Waals surface area contributed by atoms with E-state index in [1.807, 2.05) is 68.4 Å². The molecule has 0 radical (unpaired) electrons. The molecule has 0 aliphatic heterocycles. The number of aromatic nitrogens is 2. The van der Waals surface area contributed by atoms with Crippen molar-refractivity contribution in [3.63, 3.8) is 0 Å². The van der Waals surface area contributed by atoms with Crippen LogP contribution < -0.4 is 10.6 Å². The lowest BCUT2D eigenvalue weighted by atomic mass is 10.2. The van der Waals surface area contributed by atoms with Crippen molar-refractivity contribution in [2.24, 2.45) is 0 Å². The van der Waals surface area contributed by atoms with E-state index in [-0.39, 0.29) is 17.1 Å². The molecule has 3 rings (SSSR count). The van der Waals surface area contributed by atoms with Crippen molar-refractivity contribution in [1.29, 1.82) is 0 Å². The molecule has 0 fully saturated rings. The van der Waals surface area contributed by atoms with Gasteiger partial charge in [-0.1, -0.05) is 62.0 Å². The summed E-state index contributed by atoms with van der Waals surface area (Å²) < 4.78 is 4.23. The third-order valence-corrected chi connectivity index (χ3v) is 7.01. The molecule has 0 saturated heterocycles. The average molecular weight is 485 g/mol. The van der Waals surface area contributed by atoms with Crippen LogP contribution in [0.5, 0.6) is 0 Å². The molecule has 2 amide bonds. The van der Waals surface area contributed by atoms with Crippen molar-refractivity contribution in [2.45, 2.75) is 35.6 Å². The molecular formula is C23H24N4O2S3. The van der Waals surface area contributed by atoms with Crippen molar-refractivity contribution in [2.75, 3.05) is 16.4 Å². The minimum Gasteiger partial charge on any atom is -0.322 e. The van der Waals surface area contributed by atoms with Gasteiger partial charge in [-0.05, 0) is 42.0 Å². The Morgan fingerprint density at radius 3 is 2.66 bits per heavy atom. The number of carbonyl (C=O) groups excluding carboxylic acids is 2. The van der Waals surface area contributed by atoms with Crippen LogP contribution in [0.2, 0.25) is 0 Å². The SMILES string of the molecule is CCSc1nsc(NC(=O)C(CC)Sc2cccc(NC(=O)/C=C/c3ccccc3)c2)n1. The Morgan fingerprint density at radius 1 is 1.09 bits per heavy atom. The van der Waals surface area contributed by atoms with Gasteiger partial charge in [-0.2, -0.15) is 9.36 Å². The molecule has 0 saturated carbocycles. The summed E-state index contributed by atoms with van der Waals surface area (Å²) in [5, 5.41) is 6.64. The lowest BCUT2D eigenvalue weighted by Crippen LogP contribution is -2.24. The molecule has 1 heterocycles. The Labute approximate surface area is 200 Å². The molecule has 0 bridgehead atoms. The van der Waals surface area contributed by atoms with Gasteiger partial charge in [0.1, 0.15) is 0 Å². The maximum absolute atomic E-state index is 12.7. The van der Waals surface area contributed by atoms with Gasteiger partial charge in [0.15, 0.2) is 0 Å². The molecule has 1 aromatic heterocycles. The van der Waals surface area contributed by atoms with Gasteiger partial charge in [0.25, 0.3) is 0 Å². The first-order chi connectivity index (χ1) is 15.6. The van der Waals surface area contributed by atoms with Gasteiger partial charge in [-0.25, -0.2) is 0 Å². The summed E-state index contributed by atoms with van der Waals surface area (Å²) in [6.07, 6.45) is 3.93. The Hall–Kier alpha value is -2.62. The number of nitrogens with zero attached hydrogens (tertiary/aromatic N) is 2. The minimum atomic E-state index is -0.287. The molecular weight excluding hydrogens is 460 g/mol. The zero-order valence-corrected chi connectivity index (χ0v) is 20.2. The highest BCUT2D eigenvalue weighted by Gasteiger charge is 2.20. The topological polar surface area (TPSA) is 84.0 Å². The van der Waals surface area contributed by atoms with Crippen molar-refractivity contribution >= 4 is 63.8 Å².